The van der Waals surface area contributed by atoms with Gasteiger partial charge in [-0.05, 0) is 131 Å². The second-order valence-corrected chi connectivity index (χ2v) is 13.4. The van der Waals surface area contributed by atoms with E-state index in [4.69, 9.17) is 0 Å². The predicted octanol–water partition coefficient (Wildman–Crippen LogP) is 7.89. The molecule has 0 amide bonds. The highest BCUT2D eigenvalue weighted by Gasteiger charge is 2.39. The third kappa shape index (κ3) is 6.03. The number of nitrogens with zero attached hydrogens (tertiary/aromatic N) is 4. The van der Waals surface area contributed by atoms with Gasteiger partial charge in [-0.25, -0.2) is 0 Å². The number of para-hydroxylation sites is 4. The molecule has 0 radical (unpaired) electrons. The average Bonchev–Trinajstić information content (AvgIpc) is 3.34. The summed E-state index contributed by atoms with van der Waals surface area (Å²) in [5.41, 5.74) is 11.7. The van der Waals surface area contributed by atoms with Gasteiger partial charge < -0.3 is 19.6 Å². The van der Waals surface area contributed by atoms with Gasteiger partial charge in [0.2, 0.25) is 0 Å². The molecule has 4 aromatic rings. The second kappa shape index (κ2) is 13.2. The third-order valence-electron chi connectivity index (χ3n) is 10.3. The van der Waals surface area contributed by atoms with Crippen LogP contribution in [0.3, 0.4) is 0 Å². The van der Waals surface area contributed by atoms with Crippen molar-refractivity contribution in [3.8, 4) is 0 Å². The maximum atomic E-state index is 2.70. The summed E-state index contributed by atoms with van der Waals surface area (Å²) < 4.78 is 0. The van der Waals surface area contributed by atoms with Gasteiger partial charge in [-0.15, -0.1) is 0 Å². The lowest BCUT2D eigenvalue weighted by Gasteiger charge is -2.50. The molecule has 5 aliphatic heterocycles. The first kappa shape index (κ1) is 29.1. The number of rotatable bonds is 5. The summed E-state index contributed by atoms with van der Waals surface area (Å²) in [6, 6.07) is 36.5. The van der Waals surface area contributed by atoms with Crippen molar-refractivity contribution in [2.45, 2.75) is 51.0 Å². The molecule has 0 spiro atoms. The Morgan fingerprint density at radius 1 is 0.591 bits per heavy atom. The van der Waals surface area contributed by atoms with Crippen molar-refractivity contribution in [3.63, 3.8) is 0 Å². The average molecular weight is 585 g/mol. The maximum Gasteiger partial charge on any atom is 0.0498 e. The fourth-order valence-electron chi connectivity index (χ4n) is 8.05. The molecule has 0 aliphatic carbocycles. The van der Waals surface area contributed by atoms with Gasteiger partial charge >= 0.3 is 0 Å². The van der Waals surface area contributed by atoms with Crippen LogP contribution in [0, 0.1) is 5.92 Å². The monoisotopic (exact) mass is 584 g/mol. The summed E-state index contributed by atoms with van der Waals surface area (Å²) in [5, 5.41) is 0. The van der Waals surface area contributed by atoms with Crippen LogP contribution in [0.2, 0.25) is 0 Å². The van der Waals surface area contributed by atoms with Crippen LogP contribution in [0.1, 0.15) is 41.5 Å². The lowest BCUT2D eigenvalue weighted by molar-refractivity contribution is 0.0894. The summed E-state index contributed by atoms with van der Waals surface area (Å²) >= 11 is 0. The Bertz CT molecular complexity index is 1460. The molecule has 0 saturated carbocycles. The molecule has 44 heavy (non-hydrogen) atoms. The zero-order chi connectivity index (χ0) is 29.9. The van der Waals surface area contributed by atoms with Gasteiger partial charge in [0.15, 0.2) is 0 Å². The third-order valence-corrected chi connectivity index (χ3v) is 10.3. The van der Waals surface area contributed by atoms with Crippen LogP contribution in [-0.4, -0.2) is 62.7 Å². The minimum absolute atomic E-state index is 0.637. The fraction of sp³-hybridized carbons (Fsp3) is 0.400. The van der Waals surface area contributed by atoms with E-state index in [-0.39, 0.29) is 0 Å². The van der Waals surface area contributed by atoms with E-state index >= 15 is 0 Å². The van der Waals surface area contributed by atoms with Crippen molar-refractivity contribution < 1.29 is 0 Å². The van der Waals surface area contributed by atoms with Gasteiger partial charge in [-0.2, -0.15) is 0 Å². The number of benzene rings is 4. The summed E-state index contributed by atoms with van der Waals surface area (Å²) in [6.45, 7) is 6.04. The number of fused-ring (bicyclic) bond motifs is 7. The summed E-state index contributed by atoms with van der Waals surface area (Å²) in [6.07, 6.45) is 8.50. The van der Waals surface area contributed by atoms with Crippen molar-refractivity contribution in [2.24, 2.45) is 5.92 Å². The fourth-order valence-corrected chi connectivity index (χ4v) is 8.05. The lowest BCUT2D eigenvalue weighted by Crippen LogP contribution is -2.56. The van der Waals surface area contributed by atoms with E-state index in [0.717, 1.165) is 44.7 Å². The van der Waals surface area contributed by atoms with Crippen LogP contribution < -0.4 is 9.80 Å². The molecule has 0 aromatic heterocycles. The van der Waals surface area contributed by atoms with E-state index in [1.54, 1.807) is 0 Å². The Balaban J connectivity index is 0.000000143. The smallest absolute Gasteiger partial charge is 0.0498 e. The highest BCUT2D eigenvalue weighted by atomic mass is 15.3. The Morgan fingerprint density at radius 2 is 1.02 bits per heavy atom. The molecule has 228 valence electrons. The van der Waals surface area contributed by atoms with Crippen LogP contribution in [0.15, 0.2) is 97.1 Å². The Morgan fingerprint density at radius 3 is 1.45 bits per heavy atom. The van der Waals surface area contributed by atoms with Crippen LogP contribution in [0.5, 0.6) is 0 Å². The quantitative estimate of drug-likeness (QED) is 0.236. The highest BCUT2D eigenvalue weighted by Crippen LogP contribution is 2.43. The Labute approximate surface area is 264 Å². The normalized spacial score (nSPS) is 21.7. The molecule has 5 aliphatic rings. The Hall–Kier alpha value is -3.60. The molecule has 4 heteroatoms. The largest absolute Gasteiger partial charge is 0.341 e. The minimum atomic E-state index is 0.637. The van der Waals surface area contributed by atoms with Crippen LogP contribution in [0.25, 0.3) is 0 Å². The highest BCUT2D eigenvalue weighted by molar-refractivity contribution is 5.73. The summed E-state index contributed by atoms with van der Waals surface area (Å²) in [7, 11) is 4.29. The molecule has 0 N–H and O–H groups in total. The van der Waals surface area contributed by atoms with Gasteiger partial charge in [0, 0.05) is 41.9 Å². The van der Waals surface area contributed by atoms with Crippen molar-refractivity contribution in [1.29, 1.82) is 0 Å². The number of aryl methyl sites for hydroxylation is 4. The predicted molar refractivity (Wildman–Crippen MR) is 186 cm³/mol. The molecule has 5 heterocycles. The minimum Gasteiger partial charge on any atom is -0.341 e. The standard InChI is InChI=1S/C21H24N2.C19H24N2/c1-3-7-19-16(5-1)9-10-17-6-2-4-8-20(17)23(19)21-15-22-13-11-18(21)12-14-22;1-20(2)14-7-15-21-18-10-5-3-8-16(18)12-13-17-9-4-6-11-19(17)21/h1-8,18,21H,9-15H2;3-6,8-11H,7,12-15H2,1-2H3. The van der Waals surface area contributed by atoms with Gasteiger partial charge in [0.05, 0.1) is 0 Å². The Kier molecular flexibility index (Phi) is 8.72. The van der Waals surface area contributed by atoms with E-state index in [2.05, 4.69) is 131 Å². The first-order valence-corrected chi connectivity index (χ1v) is 16.9. The van der Waals surface area contributed by atoms with E-state index in [0.29, 0.717) is 6.04 Å². The molecular weight excluding hydrogens is 536 g/mol. The second-order valence-electron chi connectivity index (χ2n) is 13.4. The van der Waals surface area contributed by atoms with E-state index in [1.807, 2.05) is 0 Å². The van der Waals surface area contributed by atoms with E-state index in [9.17, 15) is 0 Å². The number of anilines is 4. The SMILES string of the molecule is CN(C)CCCN1c2ccccc2CCc2ccccc21.c1ccc2c(c1)CCc1ccccc1N2C1CN2CCC1CC2. The number of hydrogen-bond donors (Lipinski definition) is 0. The van der Waals surface area contributed by atoms with Crippen LogP contribution >= 0.6 is 0 Å². The maximum absolute atomic E-state index is 2.70. The zero-order valence-corrected chi connectivity index (χ0v) is 26.7. The zero-order valence-electron chi connectivity index (χ0n) is 26.7. The van der Waals surface area contributed by atoms with Gasteiger partial charge in [-0.1, -0.05) is 72.8 Å². The van der Waals surface area contributed by atoms with Crippen molar-refractivity contribution in [3.05, 3.63) is 119 Å². The first-order valence-electron chi connectivity index (χ1n) is 16.9. The molecule has 4 aromatic carbocycles. The number of piperidine rings is 3. The van der Waals surface area contributed by atoms with Gasteiger partial charge in [-0.3, -0.25) is 0 Å². The molecule has 9 rings (SSSR count). The first-order chi connectivity index (χ1) is 21.7. The van der Waals surface area contributed by atoms with Gasteiger partial charge in [0.1, 0.15) is 0 Å². The number of hydrogen-bond acceptors (Lipinski definition) is 4. The van der Waals surface area contributed by atoms with Crippen LogP contribution in [-0.2, 0) is 25.7 Å². The van der Waals surface area contributed by atoms with Gasteiger partial charge in [0.25, 0.3) is 0 Å². The molecule has 2 bridgehead atoms. The van der Waals surface area contributed by atoms with Crippen LogP contribution in [0.4, 0.5) is 22.7 Å². The summed E-state index contributed by atoms with van der Waals surface area (Å²) in [5.74, 6) is 0.846. The molecule has 4 nitrogen and oxygen atoms in total. The van der Waals surface area contributed by atoms with Crippen molar-refractivity contribution in [2.75, 3.05) is 56.6 Å². The van der Waals surface area contributed by atoms with Crippen molar-refractivity contribution >= 4 is 22.7 Å². The molecule has 1 atom stereocenters. The van der Waals surface area contributed by atoms with Crippen molar-refractivity contribution in [1.82, 2.24) is 9.80 Å². The molecule has 3 saturated heterocycles. The molecule has 1 unspecified atom stereocenters. The topological polar surface area (TPSA) is 13.0 Å². The lowest BCUT2D eigenvalue weighted by atomic mass is 9.82. The molecular formula is C40H48N4. The summed E-state index contributed by atoms with van der Waals surface area (Å²) in [4.78, 5) is 10.1. The van der Waals surface area contributed by atoms with E-state index < -0.39 is 0 Å². The molecule has 3 fully saturated rings. The van der Waals surface area contributed by atoms with E-state index in [1.165, 1.54) is 83.9 Å².